The summed E-state index contributed by atoms with van der Waals surface area (Å²) in [5, 5.41) is 2.77. The molecule has 1 heterocycles. The molecular formula is C12H14F3N3O2. The van der Waals surface area contributed by atoms with Crippen LogP contribution >= 0.6 is 0 Å². The van der Waals surface area contributed by atoms with E-state index in [-0.39, 0.29) is 23.7 Å². The summed E-state index contributed by atoms with van der Waals surface area (Å²) in [6.07, 6.45) is -0.209. The third-order valence-electron chi connectivity index (χ3n) is 2.78. The van der Waals surface area contributed by atoms with Gasteiger partial charge < -0.3 is 10.1 Å². The average Bonchev–Trinajstić information content (AvgIpc) is 3.20. The molecule has 0 radical (unpaired) electrons. The van der Waals surface area contributed by atoms with Crippen LogP contribution in [0.25, 0.3) is 0 Å². The van der Waals surface area contributed by atoms with Crippen molar-refractivity contribution in [1.29, 1.82) is 0 Å². The second kappa shape index (κ2) is 5.64. The number of alkyl halides is 3. The predicted octanol–water partition coefficient (Wildman–Crippen LogP) is 2.00. The molecule has 0 aromatic carbocycles. The number of hydrogen-bond donors (Lipinski definition) is 1. The zero-order valence-electron chi connectivity index (χ0n) is 10.8. The molecule has 1 aromatic heterocycles. The Labute approximate surface area is 113 Å². The molecule has 0 unspecified atom stereocenters. The number of carbonyl (C=O) groups excluding carboxylic acids is 1. The zero-order valence-corrected chi connectivity index (χ0v) is 10.8. The first-order valence-electron chi connectivity index (χ1n) is 6.17. The molecule has 20 heavy (non-hydrogen) atoms. The summed E-state index contributed by atoms with van der Waals surface area (Å²) in [5.74, 6) is -0.150. The van der Waals surface area contributed by atoms with Crippen molar-refractivity contribution in [3.05, 3.63) is 18.1 Å². The largest absolute Gasteiger partial charge is 0.467 e. The van der Waals surface area contributed by atoms with Gasteiger partial charge in [-0.15, -0.1) is 0 Å². The van der Waals surface area contributed by atoms with E-state index in [0.29, 0.717) is 5.69 Å². The summed E-state index contributed by atoms with van der Waals surface area (Å²) in [6.45, 7) is 0.329. The van der Waals surface area contributed by atoms with E-state index in [9.17, 15) is 18.0 Å². The molecule has 1 N–H and O–H groups in total. The van der Waals surface area contributed by atoms with Gasteiger partial charge in [-0.1, -0.05) is 0 Å². The maximum absolute atomic E-state index is 12.0. The maximum atomic E-state index is 12.0. The second-order valence-electron chi connectivity index (χ2n) is 4.69. The molecule has 1 atom stereocenters. The van der Waals surface area contributed by atoms with Crippen molar-refractivity contribution >= 4 is 5.91 Å². The highest BCUT2D eigenvalue weighted by molar-refractivity contribution is 5.81. The van der Waals surface area contributed by atoms with Crippen LogP contribution in [0.4, 0.5) is 13.2 Å². The van der Waals surface area contributed by atoms with Gasteiger partial charge in [0, 0.05) is 5.92 Å². The topological polar surface area (TPSA) is 64.1 Å². The van der Waals surface area contributed by atoms with Gasteiger partial charge in [-0.3, -0.25) is 9.78 Å². The van der Waals surface area contributed by atoms with E-state index in [4.69, 9.17) is 0 Å². The summed E-state index contributed by atoms with van der Waals surface area (Å²) in [6, 6.07) is -0.340. The second-order valence-corrected chi connectivity index (χ2v) is 4.69. The third kappa shape index (κ3) is 4.36. The molecule has 0 saturated heterocycles. The molecule has 1 aliphatic carbocycles. The van der Waals surface area contributed by atoms with Gasteiger partial charge in [0.15, 0.2) is 6.61 Å². The Balaban J connectivity index is 1.88. The van der Waals surface area contributed by atoms with E-state index in [1.807, 2.05) is 0 Å². The summed E-state index contributed by atoms with van der Waals surface area (Å²) in [4.78, 5) is 19.2. The van der Waals surface area contributed by atoms with Crippen LogP contribution in [0, 0.1) is 5.92 Å². The van der Waals surface area contributed by atoms with E-state index in [0.717, 1.165) is 19.0 Å². The lowest BCUT2D eigenvalue weighted by Gasteiger charge is -2.13. The van der Waals surface area contributed by atoms with Crippen LogP contribution in [-0.2, 0) is 4.79 Å². The Kier molecular flexibility index (Phi) is 4.10. The molecular weight excluding hydrogens is 275 g/mol. The highest BCUT2D eigenvalue weighted by Gasteiger charge is 2.31. The minimum absolute atomic E-state index is 0.0308. The van der Waals surface area contributed by atoms with Gasteiger partial charge in [0.05, 0.1) is 24.1 Å². The number of carbonyl (C=O) groups is 1. The number of nitrogens with one attached hydrogen (secondary N) is 1. The molecule has 0 aliphatic heterocycles. The summed E-state index contributed by atoms with van der Waals surface area (Å²) in [7, 11) is 0. The van der Waals surface area contributed by atoms with E-state index in [1.165, 1.54) is 6.20 Å². The Bertz CT molecular complexity index is 472. The molecule has 1 fully saturated rings. The van der Waals surface area contributed by atoms with Crippen LogP contribution in [0.15, 0.2) is 12.4 Å². The molecule has 1 aromatic rings. The van der Waals surface area contributed by atoms with Gasteiger partial charge >= 0.3 is 6.18 Å². The number of rotatable bonds is 5. The molecule has 2 rings (SSSR count). The van der Waals surface area contributed by atoms with Crippen molar-refractivity contribution < 1.29 is 22.7 Å². The Morgan fingerprint density at radius 3 is 2.65 bits per heavy atom. The van der Waals surface area contributed by atoms with Crippen LogP contribution < -0.4 is 10.1 Å². The molecule has 1 saturated carbocycles. The molecule has 1 aliphatic rings. The standard InChI is InChI=1S/C12H14F3N3O2/c1-7(18-11(19)8-2-3-8)9-4-17-10(5-16-9)20-6-12(13,14)15/h4-5,7-8H,2-3,6H2,1H3,(H,18,19)/t7-/m1/s1. The maximum Gasteiger partial charge on any atom is 0.422 e. The minimum atomic E-state index is -4.41. The van der Waals surface area contributed by atoms with Gasteiger partial charge in [-0.05, 0) is 19.8 Å². The molecule has 1 amide bonds. The first-order valence-corrected chi connectivity index (χ1v) is 6.17. The van der Waals surface area contributed by atoms with Crippen molar-refractivity contribution in [1.82, 2.24) is 15.3 Å². The number of hydrogen-bond acceptors (Lipinski definition) is 4. The highest BCUT2D eigenvalue weighted by Crippen LogP contribution is 2.29. The van der Waals surface area contributed by atoms with Gasteiger partial charge in [0.25, 0.3) is 0 Å². The normalized spacial score (nSPS) is 16.6. The van der Waals surface area contributed by atoms with Crippen LogP contribution in [0.5, 0.6) is 5.88 Å². The molecule has 0 bridgehead atoms. The zero-order chi connectivity index (χ0) is 14.8. The monoisotopic (exact) mass is 289 g/mol. The molecule has 0 spiro atoms. The van der Waals surface area contributed by atoms with Crippen LogP contribution in [-0.4, -0.2) is 28.7 Å². The number of amides is 1. The molecule has 5 nitrogen and oxygen atoms in total. The van der Waals surface area contributed by atoms with Gasteiger partial charge in [0.2, 0.25) is 11.8 Å². The van der Waals surface area contributed by atoms with Crippen molar-refractivity contribution in [2.24, 2.45) is 5.92 Å². The first-order chi connectivity index (χ1) is 9.35. The van der Waals surface area contributed by atoms with E-state index < -0.39 is 12.8 Å². The van der Waals surface area contributed by atoms with Crippen LogP contribution in [0.2, 0.25) is 0 Å². The summed E-state index contributed by atoms with van der Waals surface area (Å²) in [5.41, 5.74) is 0.471. The lowest BCUT2D eigenvalue weighted by atomic mass is 10.2. The van der Waals surface area contributed by atoms with Crippen molar-refractivity contribution in [2.45, 2.75) is 32.0 Å². The number of halogens is 3. The Morgan fingerprint density at radius 1 is 1.45 bits per heavy atom. The number of ether oxygens (including phenoxy) is 1. The van der Waals surface area contributed by atoms with Crippen LogP contribution in [0.3, 0.4) is 0 Å². The van der Waals surface area contributed by atoms with Crippen molar-refractivity contribution in [2.75, 3.05) is 6.61 Å². The fourth-order valence-corrected chi connectivity index (χ4v) is 1.53. The number of nitrogens with zero attached hydrogens (tertiary/aromatic N) is 2. The number of aromatic nitrogens is 2. The first kappa shape index (κ1) is 14.5. The fourth-order valence-electron chi connectivity index (χ4n) is 1.53. The minimum Gasteiger partial charge on any atom is -0.467 e. The Hall–Kier alpha value is -1.86. The highest BCUT2D eigenvalue weighted by atomic mass is 19.4. The summed E-state index contributed by atoms with van der Waals surface area (Å²) >= 11 is 0. The van der Waals surface area contributed by atoms with E-state index in [1.54, 1.807) is 6.92 Å². The van der Waals surface area contributed by atoms with Gasteiger partial charge in [-0.2, -0.15) is 13.2 Å². The molecule has 110 valence electrons. The van der Waals surface area contributed by atoms with Crippen molar-refractivity contribution in [3.8, 4) is 5.88 Å². The lowest BCUT2D eigenvalue weighted by Crippen LogP contribution is -2.28. The summed E-state index contributed by atoms with van der Waals surface area (Å²) < 4.78 is 40.3. The van der Waals surface area contributed by atoms with E-state index >= 15 is 0 Å². The quantitative estimate of drug-likeness (QED) is 0.900. The SMILES string of the molecule is C[C@@H](NC(=O)C1CC1)c1cnc(OCC(F)(F)F)cn1. The van der Waals surface area contributed by atoms with Gasteiger partial charge in [-0.25, -0.2) is 4.98 Å². The van der Waals surface area contributed by atoms with Gasteiger partial charge in [0.1, 0.15) is 0 Å². The third-order valence-corrected chi connectivity index (χ3v) is 2.78. The van der Waals surface area contributed by atoms with E-state index in [2.05, 4.69) is 20.0 Å². The van der Waals surface area contributed by atoms with Crippen molar-refractivity contribution in [3.63, 3.8) is 0 Å². The fraction of sp³-hybridized carbons (Fsp3) is 0.583. The smallest absolute Gasteiger partial charge is 0.422 e. The van der Waals surface area contributed by atoms with Crippen LogP contribution in [0.1, 0.15) is 31.5 Å². The predicted molar refractivity (Wildman–Crippen MR) is 62.9 cm³/mol. The Morgan fingerprint density at radius 2 is 2.15 bits per heavy atom. The molecule has 8 heteroatoms. The lowest BCUT2D eigenvalue weighted by molar-refractivity contribution is -0.154. The average molecular weight is 289 g/mol.